The lowest BCUT2D eigenvalue weighted by molar-refractivity contribution is -0.332. The molecule has 2 aliphatic heterocycles. The molecule has 0 spiro atoms. The maximum atomic E-state index is 13.0. The Hall–Kier alpha value is -2.28. The van der Waals surface area contributed by atoms with Crippen molar-refractivity contribution in [3.8, 4) is 0 Å². The van der Waals surface area contributed by atoms with Crippen LogP contribution in [0.15, 0.2) is 36.5 Å². The van der Waals surface area contributed by atoms with Crippen molar-refractivity contribution in [3.05, 3.63) is 36.5 Å². The number of aliphatic hydroxyl groups is 7. The van der Waals surface area contributed by atoms with Gasteiger partial charge >= 0.3 is 11.9 Å². The fourth-order valence-electron chi connectivity index (χ4n) is 8.89. The number of carbonyl (C=O) groups is 2. The zero-order valence-corrected chi connectivity index (χ0v) is 44.7. The van der Waals surface area contributed by atoms with E-state index in [1.54, 1.807) is 0 Å². The fraction of sp³-hybridized carbons (Fsp3) is 0.860. The van der Waals surface area contributed by atoms with Gasteiger partial charge in [0.1, 0.15) is 55.4 Å². The minimum Gasteiger partial charge on any atom is -0.462 e. The number of allylic oxidation sites excluding steroid dienone is 6. The molecule has 420 valence electrons. The fourth-order valence-corrected chi connectivity index (χ4v) is 8.89. The molecule has 72 heavy (non-hydrogen) atoms. The third kappa shape index (κ3) is 30.9. The Kier molecular flexibility index (Phi) is 40.1. The highest BCUT2D eigenvalue weighted by Gasteiger charge is 2.47. The van der Waals surface area contributed by atoms with Crippen molar-refractivity contribution in [2.24, 2.45) is 0 Å². The molecular weight excluding hydrogens is 925 g/mol. The quantitative estimate of drug-likeness (QED) is 0.0171. The second kappa shape index (κ2) is 43.9. The van der Waals surface area contributed by atoms with Crippen molar-refractivity contribution in [2.75, 3.05) is 26.4 Å². The zero-order valence-electron chi connectivity index (χ0n) is 44.7. The molecule has 2 saturated heterocycles. The van der Waals surface area contributed by atoms with Crippen molar-refractivity contribution in [3.63, 3.8) is 0 Å². The summed E-state index contributed by atoms with van der Waals surface area (Å²) in [7, 11) is 0. The van der Waals surface area contributed by atoms with Crippen molar-refractivity contribution >= 4 is 11.9 Å². The third-order valence-electron chi connectivity index (χ3n) is 13.6. The van der Waals surface area contributed by atoms with Crippen LogP contribution in [0.4, 0.5) is 0 Å². The van der Waals surface area contributed by atoms with Crippen LogP contribution >= 0.6 is 0 Å². The van der Waals surface area contributed by atoms with E-state index in [0.29, 0.717) is 12.8 Å². The van der Waals surface area contributed by atoms with Crippen LogP contribution < -0.4 is 0 Å². The van der Waals surface area contributed by atoms with Crippen LogP contribution in [0.25, 0.3) is 0 Å². The third-order valence-corrected chi connectivity index (χ3v) is 13.6. The summed E-state index contributed by atoms with van der Waals surface area (Å²) < 4.78 is 33.7. The van der Waals surface area contributed by atoms with E-state index in [9.17, 15) is 45.3 Å². The van der Waals surface area contributed by atoms with E-state index < -0.39 is 92.7 Å². The van der Waals surface area contributed by atoms with Crippen LogP contribution in [0.2, 0.25) is 0 Å². The average Bonchev–Trinajstić information content (AvgIpc) is 3.37. The van der Waals surface area contributed by atoms with Crippen LogP contribution in [-0.4, -0.2) is 142 Å². The van der Waals surface area contributed by atoms with Gasteiger partial charge in [-0.15, -0.1) is 0 Å². The van der Waals surface area contributed by atoms with Gasteiger partial charge in [0.25, 0.3) is 0 Å². The standard InChI is InChI=1S/C57H102O15/c1-3-5-7-9-11-13-15-17-19-21-22-24-25-27-29-31-33-35-37-39-48(59)67-42-45(70-49(60)40-38-36-34-32-30-28-26-23-20-18-16-14-12-10-8-6-4-2)43-68-56-55(66)53(64)51(62)47(72-56)44-69-57-54(65)52(63)50(61)46(41-58)71-57/h12,14,17-20,45-47,50-58,61-66H,3-11,13,15-16,21-44H2,1-2H3/b14-12-,19-17-,20-18-. The van der Waals surface area contributed by atoms with Crippen molar-refractivity contribution < 1.29 is 73.8 Å². The van der Waals surface area contributed by atoms with Gasteiger partial charge in [-0.3, -0.25) is 9.59 Å². The molecule has 0 saturated carbocycles. The molecular formula is C57H102O15. The van der Waals surface area contributed by atoms with Crippen molar-refractivity contribution in [1.82, 2.24) is 0 Å². The first kappa shape index (κ1) is 65.8. The smallest absolute Gasteiger partial charge is 0.306 e. The molecule has 0 aliphatic carbocycles. The van der Waals surface area contributed by atoms with Gasteiger partial charge < -0.3 is 64.2 Å². The molecule has 0 radical (unpaired) electrons. The van der Waals surface area contributed by atoms with Gasteiger partial charge in [0.05, 0.1) is 19.8 Å². The summed E-state index contributed by atoms with van der Waals surface area (Å²) in [5.74, 6) is -0.930. The summed E-state index contributed by atoms with van der Waals surface area (Å²) in [6.07, 6.45) is 31.6. The molecule has 11 atom stereocenters. The van der Waals surface area contributed by atoms with E-state index in [-0.39, 0.29) is 26.1 Å². The van der Waals surface area contributed by atoms with Gasteiger partial charge in [0, 0.05) is 12.8 Å². The predicted molar refractivity (Wildman–Crippen MR) is 280 cm³/mol. The summed E-state index contributed by atoms with van der Waals surface area (Å²) in [6.45, 7) is 2.58. The van der Waals surface area contributed by atoms with Gasteiger partial charge in [-0.05, 0) is 70.6 Å². The monoisotopic (exact) mass is 1030 g/mol. The summed E-state index contributed by atoms with van der Waals surface area (Å²) in [4.78, 5) is 25.9. The Morgan fingerprint density at radius 2 is 0.833 bits per heavy atom. The van der Waals surface area contributed by atoms with Crippen LogP contribution in [0.1, 0.15) is 219 Å². The Bertz CT molecular complexity index is 1390. The van der Waals surface area contributed by atoms with Gasteiger partial charge in [-0.1, -0.05) is 172 Å². The van der Waals surface area contributed by atoms with E-state index >= 15 is 0 Å². The molecule has 2 fully saturated rings. The summed E-state index contributed by atoms with van der Waals surface area (Å²) in [5.41, 5.74) is 0. The molecule has 11 unspecified atom stereocenters. The molecule has 0 aromatic rings. The van der Waals surface area contributed by atoms with E-state index in [2.05, 4.69) is 50.3 Å². The van der Waals surface area contributed by atoms with Gasteiger partial charge in [-0.2, -0.15) is 0 Å². The molecule has 0 amide bonds. The van der Waals surface area contributed by atoms with Crippen LogP contribution in [0.3, 0.4) is 0 Å². The molecule has 7 N–H and O–H groups in total. The number of ether oxygens (including phenoxy) is 6. The molecule has 0 bridgehead atoms. The SMILES string of the molecule is CCCCC/C=C\C/C=C\CCCCCCCCCC(=O)OC(COC(=O)CCCCCCCCCCC/C=C\CCCCCCCC)COC1OC(COC2OC(CO)C(O)C(O)C2O)C(O)C(O)C1O. The molecule has 0 aromatic carbocycles. The van der Waals surface area contributed by atoms with Crippen molar-refractivity contribution in [2.45, 2.75) is 287 Å². The van der Waals surface area contributed by atoms with E-state index in [1.807, 2.05) is 0 Å². The number of esters is 2. The Labute approximate surface area is 434 Å². The normalized spacial score (nSPS) is 25.2. The lowest BCUT2D eigenvalue weighted by Crippen LogP contribution is -2.61. The van der Waals surface area contributed by atoms with Crippen LogP contribution in [-0.2, 0) is 38.0 Å². The lowest BCUT2D eigenvalue weighted by atomic mass is 9.98. The zero-order chi connectivity index (χ0) is 52.4. The second-order valence-electron chi connectivity index (χ2n) is 20.1. The molecule has 15 nitrogen and oxygen atoms in total. The highest BCUT2D eigenvalue weighted by atomic mass is 16.7. The number of hydrogen-bond acceptors (Lipinski definition) is 15. The van der Waals surface area contributed by atoms with Gasteiger partial charge in [-0.25, -0.2) is 0 Å². The number of carbonyl (C=O) groups excluding carboxylic acids is 2. The van der Waals surface area contributed by atoms with Crippen LogP contribution in [0, 0.1) is 0 Å². The van der Waals surface area contributed by atoms with Gasteiger partial charge in [0.15, 0.2) is 18.7 Å². The largest absolute Gasteiger partial charge is 0.462 e. The Balaban J connectivity index is 1.76. The highest BCUT2D eigenvalue weighted by Crippen LogP contribution is 2.27. The maximum absolute atomic E-state index is 13.0. The second-order valence-corrected chi connectivity index (χ2v) is 20.1. The first-order valence-corrected chi connectivity index (χ1v) is 28.6. The van der Waals surface area contributed by atoms with Crippen molar-refractivity contribution in [1.29, 1.82) is 0 Å². The summed E-state index contributed by atoms with van der Waals surface area (Å²) >= 11 is 0. The number of rotatable bonds is 45. The summed E-state index contributed by atoms with van der Waals surface area (Å²) in [6, 6.07) is 0. The summed E-state index contributed by atoms with van der Waals surface area (Å²) in [5, 5.41) is 72.2. The molecule has 2 aliphatic rings. The van der Waals surface area contributed by atoms with E-state index in [1.165, 1.54) is 109 Å². The Morgan fingerprint density at radius 1 is 0.444 bits per heavy atom. The first-order chi connectivity index (χ1) is 35.0. The Morgan fingerprint density at radius 3 is 1.33 bits per heavy atom. The minimum atomic E-state index is -1.77. The lowest BCUT2D eigenvalue weighted by Gasteiger charge is -2.42. The van der Waals surface area contributed by atoms with E-state index in [0.717, 1.165) is 70.6 Å². The first-order valence-electron chi connectivity index (χ1n) is 28.6. The number of aliphatic hydroxyl groups excluding tert-OH is 7. The number of unbranched alkanes of at least 4 members (excludes halogenated alkanes) is 25. The molecule has 2 rings (SSSR count). The van der Waals surface area contributed by atoms with Gasteiger partial charge in [0.2, 0.25) is 0 Å². The van der Waals surface area contributed by atoms with E-state index in [4.69, 9.17) is 28.4 Å². The molecule has 2 heterocycles. The average molecular weight is 1030 g/mol. The highest BCUT2D eigenvalue weighted by molar-refractivity contribution is 5.70. The molecule has 0 aromatic heterocycles. The predicted octanol–water partition coefficient (Wildman–Crippen LogP) is 9.27. The topological polar surface area (TPSA) is 231 Å². The minimum absolute atomic E-state index is 0.157. The maximum Gasteiger partial charge on any atom is 0.306 e. The molecule has 15 heteroatoms. The number of hydrogen-bond donors (Lipinski definition) is 7. The van der Waals surface area contributed by atoms with Crippen LogP contribution in [0.5, 0.6) is 0 Å².